The van der Waals surface area contributed by atoms with Gasteiger partial charge < -0.3 is 30.4 Å². The summed E-state index contributed by atoms with van der Waals surface area (Å²) in [5.41, 5.74) is 9.79. The van der Waals surface area contributed by atoms with Crippen LogP contribution >= 0.6 is 0 Å². The molecule has 3 aromatic carbocycles. The highest BCUT2D eigenvalue weighted by atomic mass is 16.5. The van der Waals surface area contributed by atoms with Gasteiger partial charge in [-0.15, -0.1) is 0 Å². The topological polar surface area (TPSA) is 188 Å². The summed E-state index contributed by atoms with van der Waals surface area (Å²) in [6.45, 7) is 7.43. The second-order valence-corrected chi connectivity index (χ2v) is 19.6. The third-order valence-electron chi connectivity index (χ3n) is 14.6. The molecule has 0 bridgehead atoms. The number of imidazole rings is 1. The molecule has 16 heteroatoms. The van der Waals surface area contributed by atoms with Crippen LogP contribution in [0, 0.1) is 5.92 Å². The van der Waals surface area contributed by atoms with E-state index in [1.54, 1.807) is 29.4 Å². The fourth-order valence-corrected chi connectivity index (χ4v) is 10.2. The summed E-state index contributed by atoms with van der Waals surface area (Å²) in [7, 11) is 0. The molecule has 2 aliphatic carbocycles. The van der Waals surface area contributed by atoms with Crippen molar-refractivity contribution in [2.75, 3.05) is 36.8 Å². The van der Waals surface area contributed by atoms with Crippen LogP contribution in [-0.4, -0.2) is 70.0 Å². The minimum absolute atomic E-state index is 0.0249. The van der Waals surface area contributed by atoms with Crippen LogP contribution in [0.1, 0.15) is 80.9 Å². The van der Waals surface area contributed by atoms with E-state index in [4.69, 9.17) is 14.5 Å². The molecule has 9 aromatic rings. The van der Waals surface area contributed by atoms with Gasteiger partial charge in [-0.25, -0.2) is 15.0 Å². The lowest BCUT2D eigenvalue weighted by Gasteiger charge is -2.23. The number of piperidine rings is 1. The maximum Gasteiger partial charge on any atom is 0.263 e. The van der Waals surface area contributed by atoms with Gasteiger partial charge in [0.2, 0.25) is 11.9 Å². The number of fused-ring (bicyclic) bond motifs is 2. The molecule has 13 rings (SSSR count). The third-order valence-corrected chi connectivity index (χ3v) is 14.6. The van der Waals surface area contributed by atoms with Crippen molar-refractivity contribution in [1.29, 1.82) is 0 Å². The normalized spacial score (nSPS) is 17.0. The van der Waals surface area contributed by atoms with E-state index in [1.807, 2.05) is 60.3 Å². The standard InChI is InChI=1S/C31H30N6O2.C25H27N7O/c38-30-28(24-5-3-22(4-6-24)26-17-34-39-19-26)15-25-16-33-31(36-29(25)37(30)18-20-1-2-20)35-27-9-7-21(8-10-27)23-11-13-32-14-12-23;1-2-31-22-18(13-21(24(31)33)23-27-11-12-32(23)20-7-8-20)15-28-25(30-22)29-19-5-3-16(4-6-19)17-9-10-26-14-17/h3-10,15-17,19-20,23,32H,1-2,11-14,18H2,(H,33,35,36);3-6,11-13,15,17,20,26H,2,7-10,14H2,1H3,(H,28,29,30). The van der Waals surface area contributed by atoms with Crippen LogP contribution in [0.2, 0.25) is 0 Å². The zero-order valence-electron chi connectivity index (χ0n) is 40.3. The molecule has 72 heavy (non-hydrogen) atoms. The van der Waals surface area contributed by atoms with Crippen molar-refractivity contribution < 1.29 is 4.52 Å². The van der Waals surface area contributed by atoms with E-state index in [2.05, 4.69) is 94.5 Å². The molecule has 2 aliphatic heterocycles. The average molecular weight is 960 g/mol. The summed E-state index contributed by atoms with van der Waals surface area (Å²) in [5.74, 6) is 3.41. The lowest BCUT2D eigenvalue weighted by atomic mass is 9.90. The van der Waals surface area contributed by atoms with E-state index in [0.29, 0.717) is 71.2 Å². The van der Waals surface area contributed by atoms with Crippen molar-refractivity contribution in [3.05, 3.63) is 154 Å². The molecule has 8 heterocycles. The molecule has 0 spiro atoms. The minimum atomic E-state index is -0.0720. The summed E-state index contributed by atoms with van der Waals surface area (Å²) in [5, 5.41) is 18.9. The Hall–Kier alpha value is -7.82. The number of hydrogen-bond donors (Lipinski definition) is 4. The number of rotatable bonds is 13. The fraction of sp³-hybridized carbons (Fsp3) is 0.321. The van der Waals surface area contributed by atoms with Gasteiger partial charge in [-0.2, -0.15) is 9.97 Å². The van der Waals surface area contributed by atoms with Gasteiger partial charge in [0.15, 0.2) is 0 Å². The quantitative estimate of drug-likeness (QED) is 0.0857. The summed E-state index contributed by atoms with van der Waals surface area (Å²) >= 11 is 0. The molecule has 2 saturated heterocycles. The maximum atomic E-state index is 13.8. The monoisotopic (exact) mass is 959 g/mol. The molecule has 6 aromatic heterocycles. The summed E-state index contributed by atoms with van der Waals surface area (Å²) < 4.78 is 10.6. The lowest BCUT2D eigenvalue weighted by molar-refractivity contribution is 0.420. The minimum Gasteiger partial charge on any atom is -0.364 e. The largest absolute Gasteiger partial charge is 0.364 e. The van der Waals surface area contributed by atoms with Gasteiger partial charge in [-0.1, -0.05) is 53.7 Å². The van der Waals surface area contributed by atoms with Crippen LogP contribution < -0.4 is 32.4 Å². The van der Waals surface area contributed by atoms with Crippen LogP contribution in [0.15, 0.2) is 136 Å². The second kappa shape index (κ2) is 19.8. The SMILES string of the molecule is CCn1c(=O)c(-c2nccn2C2CC2)cc2cnc(Nc3ccc(C4CCNC4)cc3)nc21.O=c1c(-c2ccc(-c3cnoc3)cc2)cc2cnc(Nc3ccc(C4CCNCC4)cc3)nc2n1CC1CC1. The number of nitrogens with zero attached hydrogens (tertiary/aromatic N) is 9. The Morgan fingerprint density at radius 1 is 0.625 bits per heavy atom. The first-order valence-corrected chi connectivity index (χ1v) is 25.4. The Morgan fingerprint density at radius 2 is 1.22 bits per heavy atom. The van der Waals surface area contributed by atoms with Gasteiger partial charge in [0, 0.05) is 83.7 Å². The zero-order chi connectivity index (χ0) is 48.5. The van der Waals surface area contributed by atoms with Crippen molar-refractivity contribution >= 4 is 45.3 Å². The highest BCUT2D eigenvalue weighted by Gasteiger charge is 2.28. The molecule has 1 unspecified atom stereocenters. The van der Waals surface area contributed by atoms with E-state index in [0.717, 1.165) is 96.5 Å². The second-order valence-electron chi connectivity index (χ2n) is 19.6. The molecule has 0 radical (unpaired) electrons. The molecular weight excluding hydrogens is 903 g/mol. The molecule has 2 saturated carbocycles. The van der Waals surface area contributed by atoms with Crippen molar-refractivity contribution in [2.45, 2.75) is 82.8 Å². The average Bonchev–Trinajstić information content (AvgIpc) is 4.21. The van der Waals surface area contributed by atoms with E-state index >= 15 is 0 Å². The highest BCUT2D eigenvalue weighted by molar-refractivity contribution is 5.83. The van der Waals surface area contributed by atoms with Gasteiger partial charge in [0.05, 0.1) is 11.8 Å². The zero-order valence-corrected chi connectivity index (χ0v) is 40.3. The van der Waals surface area contributed by atoms with E-state index in [9.17, 15) is 9.59 Å². The van der Waals surface area contributed by atoms with Crippen molar-refractivity contribution in [2.24, 2.45) is 5.92 Å². The first kappa shape index (κ1) is 45.3. The Labute approximate surface area is 416 Å². The van der Waals surface area contributed by atoms with Gasteiger partial charge in [-0.05, 0) is 148 Å². The number of nitrogens with one attached hydrogen (secondary N) is 4. The van der Waals surface area contributed by atoms with E-state index < -0.39 is 0 Å². The maximum absolute atomic E-state index is 13.8. The molecular formula is C56H57N13O3. The molecule has 364 valence electrons. The predicted octanol–water partition coefficient (Wildman–Crippen LogP) is 9.56. The lowest BCUT2D eigenvalue weighted by Crippen LogP contribution is -2.26. The molecule has 16 nitrogen and oxygen atoms in total. The van der Waals surface area contributed by atoms with Crippen LogP contribution in [0.4, 0.5) is 23.3 Å². The number of anilines is 4. The van der Waals surface area contributed by atoms with E-state index in [1.165, 1.54) is 30.4 Å². The predicted molar refractivity (Wildman–Crippen MR) is 281 cm³/mol. The van der Waals surface area contributed by atoms with Gasteiger partial charge in [-0.3, -0.25) is 18.7 Å². The third kappa shape index (κ3) is 9.54. The van der Waals surface area contributed by atoms with E-state index in [-0.39, 0.29) is 11.1 Å². The number of aromatic nitrogens is 9. The highest BCUT2D eigenvalue weighted by Crippen LogP contribution is 2.38. The van der Waals surface area contributed by atoms with Crippen molar-refractivity contribution in [3.8, 4) is 33.6 Å². The number of benzene rings is 3. The number of aryl methyl sites for hydroxylation is 1. The van der Waals surface area contributed by atoms with Crippen LogP contribution in [-0.2, 0) is 13.1 Å². The Bertz CT molecular complexity index is 3470. The molecule has 4 fully saturated rings. The Morgan fingerprint density at radius 3 is 1.82 bits per heavy atom. The van der Waals surface area contributed by atoms with Gasteiger partial charge in [0.25, 0.3) is 11.1 Å². The fourth-order valence-electron chi connectivity index (χ4n) is 10.2. The van der Waals surface area contributed by atoms with Gasteiger partial charge >= 0.3 is 0 Å². The smallest absolute Gasteiger partial charge is 0.263 e. The molecule has 4 aliphatic rings. The first-order valence-electron chi connectivity index (χ1n) is 25.4. The van der Waals surface area contributed by atoms with Gasteiger partial charge in [0.1, 0.15) is 23.4 Å². The number of hydrogen-bond acceptors (Lipinski definition) is 13. The molecule has 4 N–H and O–H groups in total. The summed E-state index contributed by atoms with van der Waals surface area (Å²) in [6, 6.07) is 29.2. The van der Waals surface area contributed by atoms with Crippen molar-refractivity contribution in [1.82, 2.24) is 54.4 Å². The summed E-state index contributed by atoms with van der Waals surface area (Å²) in [6.07, 6.45) is 18.7. The first-order chi connectivity index (χ1) is 35.4. The Kier molecular flexibility index (Phi) is 12.4. The molecule has 1 atom stereocenters. The summed E-state index contributed by atoms with van der Waals surface area (Å²) in [4.78, 5) is 50.3. The van der Waals surface area contributed by atoms with Crippen molar-refractivity contribution in [3.63, 3.8) is 0 Å². The van der Waals surface area contributed by atoms with Crippen LogP contribution in [0.5, 0.6) is 0 Å². The van der Waals surface area contributed by atoms with Crippen LogP contribution in [0.3, 0.4) is 0 Å². The van der Waals surface area contributed by atoms with Crippen LogP contribution in [0.25, 0.3) is 55.7 Å². The Balaban J connectivity index is 0.000000149. The molecule has 0 amide bonds. The number of pyridine rings is 2.